The molecule has 2 aromatic rings. The molecule has 0 saturated carbocycles. The summed E-state index contributed by atoms with van der Waals surface area (Å²) in [6, 6.07) is 14.4. The normalized spacial score (nSPS) is 10.1. The van der Waals surface area contributed by atoms with Gasteiger partial charge in [-0.3, -0.25) is 9.59 Å². The Labute approximate surface area is 142 Å². The molecule has 126 valence electrons. The molecule has 0 aromatic heterocycles. The predicted octanol–water partition coefficient (Wildman–Crippen LogP) is 3.15. The number of carbonyl (C=O) groups is 2. The molecule has 0 atom stereocenters. The number of hydrogen-bond donors (Lipinski definition) is 2. The fourth-order valence-corrected chi connectivity index (χ4v) is 2.16. The fourth-order valence-electron chi connectivity index (χ4n) is 2.16. The van der Waals surface area contributed by atoms with Crippen molar-refractivity contribution in [2.24, 2.45) is 0 Å². The van der Waals surface area contributed by atoms with Gasteiger partial charge in [-0.25, -0.2) is 0 Å². The highest BCUT2D eigenvalue weighted by molar-refractivity contribution is 6.04. The van der Waals surface area contributed by atoms with Crippen LogP contribution in [-0.4, -0.2) is 25.0 Å². The van der Waals surface area contributed by atoms with Gasteiger partial charge < -0.3 is 15.4 Å². The van der Waals surface area contributed by atoms with E-state index in [9.17, 15) is 9.59 Å². The lowest BCUT2D eigenvalue weighted by Crippen LogP contribution is -2.27. The summed E-state index contributed by atoms with van der Waals surface area (Å²) in [6.07, 6.45) is 0.852. The first-order valence-corrected chi connectivity index (χ1v) is 7.96. The lowest BCUT2D eigenvalue weighted by atomic mass is 10.1. The summed E-state index contributed by atoms with van der Waals surface area (Å²) in [7, 11) is 0. The van der Waals surface area contributed by atoms with Crippen LogP contribution in [0.25, 0.3) is 0 Å². The van der Waals surface area contributed by atoms with Crippen LogP contribution in [0.4, 0.5) is 5.69 Å². The standard InChI is InChI=1S/C19H22N2O3/c1-3-11-20-19(23)16-9-4-5-10-17(16)21-18(22)13-24-15-8-6-7-14(2)12-15/h4-10,12H,3,11,13H2,1-2H3,(H,20,23)(H,21,22). The molecule has 5 nitrogen and oxygen atoms in total. The van der Waals surface area contributed by atoms with Gasteiger partial charge in [0.2, 0.25) is 0 Å². The second-order valence-electron chi connectivity index (χ2n) is 5.45. The van der Waals surface area contributed by atoms with Crippen LogP contribution < -0.4 is 15.4 Å². The van der Waals surface area contributed by atoms with Gasteiger partial charge in [-0.05, 0) is 43.2 Å². The first-order chi connectivity index (χ1) is 11.6. The van der Waals surface area contributed by atoms with Crippen LogP contribution in [0.2, 0.25) is 0 Å². The summed E-state index contributed by atoms with van der Waals surface area (Å²) in [6.45, 7) is 4.42. The molecule has 0 aliphatic carbocycles. The van der Waals surface area contributed by atoms with Crippen LogP contribution in [0.3, 0.4) is 0 Å². The van der Waals surface area contributed by atoms with Gasteiger partial charge in [-0.15, -0.1) is 0 Å². The van der Waals surface area contributed by atoms with Crippen molar-refractivity contribution in [1.82, 2.24) is 5.32 Å². The third-order valence-electron chi connectivity index (χ3n) is 3.34. The van der Waals surface area contributed by atoms with Crippen molar-refractivity contribution >= 4 is 17.5 Å². The molecule has 0 fully saturated rings. The molecular formula is C19H22N2O3. The number of carbonyl (C=O) groups excluding carboxylic acids is 2. The Bertz CT molecular complexity index is 713. The summed E-state index contributed by atoms with van der Waals surface area (Å²) in [5.41, 5.74) is 1.98. The molecule has 2 aromatic carbocycles. The van der Waals surface area contributed by atoms with E-state index >= 15 is 0 Å². The van der Waals surface area contributed by atoms with E-state index < -0.39 is 0 Å². The van der Waals surface area contributed by atoms with Crippen LogP contribution in [0.1, 0.15) is 29.3 Å². The second kappa shape index (κ2) is 8.72. The molecule has 0 saturated heterocycles. The fraction of sp³-hybridized carbons (Fsp3) is 0.263. The SMILES string of the molecule is CCCNC(=O)c1ccccc1NC(=O)COc1cccc(C)c1. The van der Waals surface area contributed by atoms with Gasteiger partial charge in [0.1, 0.15) is 5.75 Å². The molecule has 24 heavy (non-hydrogen) atoms. The molecule has 0 bridgehead atoms. The largest absolute Gasteiger partial charge is 0.484 e. The number of rotatable bonds is 7. The van der Waals surface area contributed by atoms with Gasteiger partial charge in [-0.2, -0.15) is 0 Å². The van der Waals surface area contributed by atoms with Gasteiger partial charge in [0, 0.05) is 6.54 Å². The minimum Gasteiger partial charge on any atom is -0.484 e. The third-order valence-corrected chi connectivity index (χ3v) is 3.34. The van der Waals surface area contributed by atoms with Gasteiger partial charge >= 0.3 is 0 Å². The van der Waals surface area contributed by atoms with Gasteiger partial charge in [0.25, 0.3) is 11.8 Å². The minimum absolute atomic E-state index is 0.117. The quantitative estimate of drug-likeness (QED) is 0.821. The van der Waals surface area contributed by atoms with Crippen LogP contribution in [-0.2, 0) is 4.79 Å². The van der Waals surface area contributed by atoms with E-state index in [1.54, 1.807) is 30.3 Å². The Balaban J connectivity index is 1.97. The minimum atomic E-state index is -0.313. The van der Waals surface area contributed by atoms with Crippen LogP contribution >= 0.6 is 0 Å². The van der Waals surface area contributed by atoms with Crippen molar-refractivity contribution in [2.45, 2.75) is 20.3 Å². The van der Waals surface area contributed by atoms with E-state index in [0.717, 1.165) is 12.0 Å². The number of para-hydroxylation sites is 1. The number of amides is 2. The summed E-state index contributed by atoms with van der Waals surface area (Å²) >= 11 is 0. The second-order valence-corrected chi connectivity index (χ2v) is 5.45. The van der Waals surface area contributed by atoms with E-state index in [2.05, 4.69) is 10.6 Å². The van der Waals surface area contributed by atoms with Gasteiger partial charge in [-0.1, -0.05) is 31.2 Å². The monoisotopic (exact) mass is 326 g/mol. The highest BCUT2D eigenvalue weighted by atomic mass is 16.5. The van der Waals surface area contributed by atoms with Gasteiger partial charge in [0.15, 0.2) is 6.61 Å². The maximum atomic E-state index is 12.1. The van der Waals surface area contributed by atoms with Crippen molar-refractivity contribution < 1.29 is 14.3 Å². The van der Waals surface area contributed by atoms with Crippen molar-refractivity contribution in [2.75, 3.05) is 18.5 Å². The van der Waals surface area contributed by atoms with E-state index in [4.69, 9.17) is 4.74 Å². The zero-order valence-electron chi connectivity index (χ0n) is 14.0. The van der Waals surface area contributed by atoms with Crippen molar-refractivity contribution in [3.63, 3.8) is 0 Å². The Kier molecular flexibility index (Phi) is 6.37. The lowest BCUT2D eigenvalue weighted by Gasteiger charge is -2.12. The summed E-state index contributed by atoms with van der Waals surface area (Å²) in [4.78, 5) is 24.2. The molecule has 0 radical (unpaired) electrons. The molecule has 5 heteroatoms. The number of benzene rings is 2. The Morgan fingerprint density at radius 1 is 1.08 bits per heavy atom. The Hall–Kier alpha value is -2.82. The molecule has 0 unspecified atom stereocenters. The number of aryl methyl sites for hydroxylation is 1. The van der Waals surface area contributed by atoms with Gasteiger partial charge in [0.05, 0.1) is 11.3 Å². The molecule has 0 aliphatic rings. The Morgan fingerprint density at radius 2 is 1.88 bits per heavy atom. The van der Waals surface area contributed by atoms with E-state index in [1.165, 1.54) is 0 Å². The number of anilines is 1. The first kappa shape index (κ1) is 17.5. The zero-order valence-corrected chi connectivity index (χ0v) is 14.0. The number of hydrogen-bond acceptors (Lipinski definition) is 3. The topological polar surface area (TPSA) is 67.4 Å². The van der Waals surface area contributed by atoms with Crippen molar-refractivity contribution in [3.05, 3.63) is 59.7 Å². The predicted molar refractivity (Wildman–Crippen MR) is 94.4 cm³/mol. The summed E-state index contributed by atoms with van der Waals surface area (Å²) in [5, 5.41) is 5.53. The molecular weight excluding hydrogens is 304 g/mol. The smallest absolute Gasteiger partial charge is 0.262 e. The van der Waals surface area contributed by atoms with Crippen LogP contribution in [0, 0.1) is 6.92 Å². The molecule has 0 spiro atoms. The maximum Gasteiger partial charge on any atom is 0.262 e. The highest BCUT2D eigenvalue weighted by Crippen LogP contribution is 2.16. The Morgan fingerprint density at radius 3 is 2.62 bits per heavy atom. The zero-order chi connectivity index (χ0) is 17.4. The van der Waals surface area contributed by atoms with Crippen molar-refractivity contribution in [1.29, 1.82) is 0 Å². The number of nitrogens with one attached hydrogen (secondary N) is 2. The lowest BCUT2D eigenvalue weighted by molar-refractivity contribution is -0.118. The summed E-state index contributed by atoms with van der Waals surface area (Å²) < 4.78 is 5.47. The van der Waals surface area contributed by atoms with E-state index in [0.29, 0.717) is 23.5 Å². The van der Waals surface area contributed by atoms with Crippen LogP contribution in [0.5, 0.6) is 5.75 Å². The molecule has 2 N–H and O–H groups in total. The first-order valence-electron chi connectivity index (χ1n) is 7.96. The molecule has 0 aliphatic heterocycles. The highest BCUT2D eigenvalue weighted by Gasteiger charge is 2.12. The summed E-state index contributed by atoms with van der Waals surface area (Å²) in [5.74, 6) is 0.124. The molecule has 2 amide bonds. The molecule has 2 rings (SSSR count). The number of ether oxygens (including phenoxy) is 1. The molecule has 0 heterocycles. The van der Waals surface area contributed by atoms with E-state index in [1.807, 2.05) is 32.0 Å². The van der Waals surface area contributed by atoms with Crippen molar-refractivity contribution in [3.8, 4) is 5.75 Å². The maximum absolute atomic E-state index is 12.1. The van der Waals surface area contributed by atoms with E-state index in [-0.39, 0.29) is 18.4 Å². The average Bonchev–Trinajstić information content (AvgIpc) is 2.58. The average molecular weight is 326 g/mol. The third kappa shape index (κ3) is 5.12. The van der Waals surface area contributed by atoms with Crippen LogP contribution in [0.15, 0.2) is 48.5 Å².